The summed E-state index contributed by atoms with van der Waals surface area (Å²) < 4.78 is 5.83. The molecule has 0 bridgehead atoms. The Kier molecular flexibility index (Phi) is 4.30. The highest BCUT2D eigenvalue weighted by atomic mass is 16.6. The Hall–Kier alpha value is -1.71. The van der Waals surface area contributed by atoms with Gasteiger partial charge in [-0.15, -0.1) is 0 Å². The third-order valence-electron chi connectivity index (χ3n) is 8.88. The maximum atomic E-state index is 12.8. The van der Waals surface area contributed by atoms with Crippen LogP contribution >= 0.6 is 0 Å². The van der Waals surface area contributed by atoms with Gasteiger partial charge in [0.05, 0.1) is 0 Å². The predicted molar refractivity (Wildman–Crippen MR) is 106 cm³/mol. The summed E-state index contributed by atoms with van der Waals surface area (Å²) in [5.74, 6) is 1.39. The molecule has 152 valence electrons. The van der Waals surface area contributed by atoms with Crippen molar-refractivity contribution in [3.05, 3.63) is 23.8 Å². The van der Waals surface area contributed by atoms with Crippen molar-refractivity contribution in [2.75, 3.05) is 0 Å². The van der Waals surface area contributed by atoms with Gasteiger partial charge >= 0.3 is 5.97 Å². The average molecular weight is 385 g/mol. The molecule has 4 rings (SSSR count). The minimum absolute atomic E-state index is 0.00929. The lowest BCUT2D eigenvalue weighted by Gasteiger charge is -2.59. The second kappa shape index (κ2) is 6.14. The van der Waals surface area contributed by atoms with E-state index in [9.17, 15) is 14.4 Å². The topological polar surface area (TPSA) is 60.4 Å². The number of esters is 1. The lowest BCUT2D eigenvalue weighted by Crippen LogP contribution is -2.59. The zero-order valence-corrected chi connectivity index (χ0v) is 17.7. The minimum Gasteiger partial charge on any atom is -0.451 e. The molecule has 0 aromatic carbocycles. The first-order valence-electron chi connectivity index (χ1n) is 10.7. The first-order chi connectivity index (χ1) is 13.0. The fourth-order valence-corrected chi connectivity index (χ4v) is 7.68. The van der Waals surface area contributed by atoms with Crippen LogP contribution in [-0.2, 0) is 19.1 Å². The molecule has 0 saturated heterocycles. The normalized spacial score (nSPS) is 46.9. The zero-order valence-electron chi connectivity index (χ0n) is 17.7. The number of ketones is 2. The summed E-state index contributed by atoms with van der Waals surface area (Å²) in [4.78, 5) is 36.7. The maximum Gasteiger partial charge on any atom is 0.303 e. The van der Waals surface area contributed by atoms with Crippen molar-refractivity contribution in [3.63, 3.8) is 0 Å². The average Bonchev–Trinajstić information content (AvgIpc) is 2.90. The van der Waals surface area contributed by atoms with E-state index in [1.165, 1.54) is 12.5 Å². The largest absolute Gasteiger partial charge is 0.451 e. The molecule has 0 N–H and O–H groups in total. The standard InChI is InChI=1S/C24H32O4/c1-14-12-18-19(22(4)9-6-17(27)13-21(14)22)7-10-23(5)20(18)8-11-24(23,15(2)25)28-16(3)26/h6,9,13-14,18-20H,7-8,10-12H2,1-5H3/t14-,18?,19?,20?,22+,23-,24-/m0/s1. The molecule has 4 aliphatic carbocycles. The van der Waals surface area contributed by atoms with Crippen LogP contribution in [0.4, 0.5) is 0 Å². The molecule has 0 aromatic rings. The van der Waals surface area contributed by atoms with Crippen LogP contribution in [0.25, 0.3) is 0 Å². The fraction of sp³-hybridized carbons (Fsp3) is 0.708. The lowest BCUT2D eigenvalue weighted by atomic mass is 9.45. The van der Waals surface area contributed by atoms with Crippen molar-refractivity contribution in [1.29, 1.82) is 0 Å². The second-order valence-corrected chi connectivity index (χ2v) is 10.1. The number of fused-ring (bicyclic) bond motifs is 5. The number of hydrogen-bond acceptors (Lipinski definition) is 4. The smallest absolute Gasteiger partial charge is 0.303 e. The first-order valence-corrected chi connectivity index (χ1v) is 10.7. The van der Waals surface area contributed by atoms with Gasteiger partial charge in [-0.2, -0.15) is 0 Å². The van der Waals surface area contributed by atoms with Gasteiger partial charge in [-0.05, 0) is 74.9 Å². The number of rotatable bonds is 2. The van der Waals surface area contributed by atoms with Gasteiger partial charge < -0.3 is 4.74 Å². The molecule has 0 amide bonds. The summed E-state index contributed by atoms with van der Waals surface area (Å²) in [5.41, 5.74) is -0.0919. The summed E-state index contributed by atoms with van der Waals surface area (Å²) >= 11 is 0. The second-order valence-electron chi connectivity index (χ2n) is 10.1. The number of ether oxygens (including phenoxy) is 1. The molecule has 4 heteroatoms. The highest BCUT2D eigenvalue weighted by molar-refractivity contribution is 6.01. The van der Waals surface area contributed by atoms with Crippen molar-refractivity contribution in [2.24, 2.45) is 34.5 Å². The Morgan fingerprint density at radius 2 is 1.79 bits per heavy atom. The molecule has 3 saturated carbocycles. The van der Waals surface area contributed by atoms with Gasteiger partial charge in [-0.3, -0.25) is 14.4 Å². The third-order valence-corrected chi connectivity index (χ3v) is 8.88. The fourth-order valence-electron chi connectivity index (χ4n) is 7.68. The number of carbonyl (C=O) groups excluding carboxylic acids is 3. The van der Waals surface area contributed by atoms with Crippen LogP contribution in [0, 0.1) is 34.5 Å². The zero-order chi connectivity index (χ0) is 20.5. The third kappa shape index (κ3) is 2.39. The molecule has 7 atom stereocenters. The Bertz CT molecular complexity index is 807. The monoisotopic (exact) mass is 384 g/mol. The molecule has 0 aromatic heterocycles. The number of allylic oxidation sites excluding steroid dienone is 4. The first kappa shape index (κ1) is 19.6. The van der Waals surface area contributed by atoms with E-state index in [2.05, 4.69) is 26.8 Å². The van der Waals surface area contributed by atoms with Crippen LogP contribution in [0.3, 0.4) is 0 Å². The van der Waals surface area contributed by atoms with Crippen molar-refractivity contribution in [2.45, 2.75) is 72.3 Å². The Labute approximate surface area is 167 Å². The number of carbonyl (C=O) groups is 3. The van der Waals surface area contributed by atoms with Gasteiger partial charge in [0, 0.05) is 17.8 Å². The van der Waals surface area contributed by atoms with E-state index in [0.717, 1.165) is 25.7 Å². The van der Waals surface area contributed by atoms with E-state index >= 15 is 0 Å². The van der Waals surface area contributed by atoms with Crippen molar-refractivity contribution in [3.8, 4) is 0 Å². The summed E-state index contributed by atoms with van der Waals surface area (Å²) in [5, 5.41) is 0. The summed E-state index contributed by atoms with van der Waals surface area (Å²) in [7, 11) is 0. The van der Waals surface area contributed by atoms with E-state index in [-0.39, 0.29) is 28.4 Å². The molecular formula is C24H32O4. The molecule has 28 heavy (non-hydrogen) atoms. The SMILES string of the molecule is CC(=O)O[C@]1(C(C)=O)CCC2C3C[C@H](C)C4=CC(=O)C=C[C@]4(C)C3CC[C@@]21C. The lowest BCUT2D eigenvalue weighted by molar-refractivity contribution is -0.186. The highest BCUT2D eigenvalue weighted by Crippen LogP contribution is 2.68. The van der Waals surface area contributed by atoms with Gasteiger partial charge in [0.15, 0.2) is 17.2 Å². The van der Waals surface area contributed by atoms with Gasteiger partial charge in [-0.1, -0.05) is 32.4 Å². The van der Waals surface area contributed by atoms with Gasteiger partial charge in [0.2, 0.25) is 0 Å². The molecule has 3 unspecified atom stereocenters. The quantitative estimate of drug-likeness (QED) is 0.661. The van der Waals surface area contributed by atoms with Crippen LogP contribution in [0.2, 0.25) is 0 Å². The Morgan fingerprint density at radius 3 is 2.43 bits per heavy atom. The van der Waals surface area contributed by atoms with Crippen LogP contribution in [-0.4, -0.2) is 23.1 Å². The van der Waals surface area contributed by atoms with E-state index in [1.807, 2.05) is 6.08 Å². The van der Waals surface area contributed by atoms with Crippen LogP contribution < -0.4 is 0 Å². The highest BCUT2D eigenvalue weighted by Gasteiger charge is 2.68. The number of Topliss-reactive ketones (excluding diaryl/α,β-unsaturated/α-hetero) is 1. The van der Waals surface area contributed by atoms with Gasteiger partial charge in [-0.25, -0.2) is 0 Å². The molecule has 3 fully saturated rings. The molecule has 4 aliphatic rings. The predicted octanol–water partition coefficient (Wildman–Crippen LogP) is 4.43. The van der Waals surface area contributed by atoms with Crippen LogP contribution in [0.15, 0.2) is 23.8 Å². The molecule has 0 spiro atoms. The summed E-state index contributed by atoms with van der Waals surface area (Å²) in [6.07, 6.45) is 10.2. The van der Waals surface area contributed by atoms with Crippen LogP contribution in [0.1, 0.15) is 66.7 Å². The van der Waals surface area contributed by atoms with E-state index in [4.69, 9.17) is 4.74 Å². The van der Waals surface area contributed by atoms with E-state index in [0.29, 0.717) is 30.1 Å². The number of hydrogen-bond donors (Lipinski definition) is 0. The van der Waals surface area contributed by atoms with Crippen molar-refractivity contribution in [1.82, 2.24) is 0 Å². The molecule has 0 radical (unpaired) electrons. The summed E-state index contributed by atoms with van der Waals surface area (Å²) in [6, 6.07) is 0. The van der Waals surface area contributed by atoms with E-state index < -0.39 is 5.60 Å². The molecular weight excluding hydrogens is 352 g/mol. The van der Waals surface area contributed by atoms with Gasteiger partial charge in [0.1, 0.15) is 0 Å². The maximum absolute atomic E-state index is 12.8. The van der Waals surface area contributed by atoms with Crippen LogP contribution in [0.5, 0.6) is 0 Å². The minimum atomic E-state index is -0.979. The Morgan fingerprint density at radius 1 is 1.11 bits per heavy atom. The molecule has 0 aliphatic heterocycles. The molecule has 4 nitrogen and oxygen atoms in total. The Balaban J connectivity index is 1.75. The molecule has 0 heterocycles. The van der Waals surface area contributed by atoms with Crippen molar-refractivity contribution >= 4 is 17.5 Å². The van der Waals surface area contributed by atoms with Gasteiger partial charge in [0.25, 0.3) is 0 Å². The van der Waals surface area contributed by atoms with E-state index in [1.54, 1.807) is 13.0 Å². The van der Waals surface area contributed by atoms with Crippen molar-refractivity contribution < 1.29 is 19.1 Å². The summed E-state index contributed by atoms with van der Waals surface area (Å²) in [6.45, 7) is 9.71.